The van der Waals surface area contributed by atoms with E-state index in [1.54, 1.807) is 19.2 Å². The van der Waals surface area contributed by atoms with Crippen LogP contribution in [0.1, 0.15) is 17.3 Å². The van der Waals surface area contributed by atoms with Crippen LogP contribution in [0.2, 0.25) is 5.02 Å². The van der Waals surface area contributed by atoms with Gasteiger partial charge in [0.25, 0.3) is 5.91 Å². The van der Waals surface area contributed by atoms with Crippen molar-refractivity contribution in [3.05, 3.63) is 51.5 Å². The Labute approximate surface area is 172 Å². The maximum atomic E-state index is 13.0. The molecular weight excluding hydrogens is 432 g/mol. The summed E-state index contributed by atoms with van der Waals surface area (Å²) >= 11 is 9.77. The Balaban J connectivity index is 1.72. The highest BCUT2D eigenvalue weighted by molar-refractivity contribution is 9.10. The fraction of sp³-hybridized carbons (Fsp3) is 0.350. The zero-order valence-corrected chi connectivity index (χ0v) is 17.7. The van der Waals surface area contributed by atoms with Crippen LogP contribution in [0.25, 0.3) is 0 Å². The number of halogens is 2. The summed E-state index contributed by atoms with van der Waals surface area (Å²) in [5, 5.41) is 0.734. The Hall–Kier alpha value is -1.92. The number of ether oxygens (including phenoxy) is 2. The molecule has 1 saturated heterocycles. The molecule has 1 heterocycles. The van der Waals surface area contributed by atoms with Crippen LogP contribution >= 0.6 is 27.5 Å². The van der Waals surface area contributed by atoms with Crippen molar-refractivity contribution in [3.8, 4) is 11.5 Å². The zero-order chi connectivity index (χ0) is 19.4. The lowest BCUT2D eigenvalue weighted by molar-refractivity contribution is 0.0746. The molecule has 2 aromatic rings. The van der Waals surface area contributed by atoms with Gasteiger partial charge in [-0.25, -0.2) is 0 Å². The fourth-order valence-corrected chi connectivity index (χ4v) is 3.98. The largest absolute Gasteiger partial charge is 0.493 e. The van der Waals surface area contributed by atoms with Crippen LogP contribution in [0.15, 0.2) is 40.9 Å². The third kappa shape index (κ3) is 4.33. The SMILES string of the molecule is CCOc1c(Br)cc(C(=O)N2CCN(c3ccccc3Cl)CC2)cc1OC. The molecule has 0 spiro atoms. The molecule has 1 fully saturated rings. The van der Waals surface area contributed by atoms with Gasteiger partial charge in [0, 0.05) is 31.7 Å². The Morgan fingerprint density at radius 3 is 2.52 bits per heavy atom. The van der Waals surface area contributed by atoms with Gasteiger partial charge in [0.2, 0.25) is 0 Å². The Kier molecular flexibility index (Phi) is 6.50. The van der Waals surface area contributed by atoms with Crippen LogP contribution in [-0.4, -0.2) is 50.7 Å². The van der Waals surface area contributed by atoms with Crippen LogP contribution in [0.3, 0.4) is 0 Å². The van der Waals surface area contributed by atoms with E-state index in [1.807, 2.05) is 36.1 Å². The maximum absolute atomic E-state index is 13.0. The predicted molar refractivity (Wildman–Crippen MR) is 111 cm³/mol. The van der Waals surface area contributed by atoms with Crippen LogP contribution in [0, 0.1) is 0 Å². The average Bonchev–Trinajstić information content (AvgIpc) is 2.69. The molecule has 0 aliphatic carbocycles. The van der Waals surface area contributed by atoms with E-state index in [2.05, 4.69) is 20.8 Å². The van der Waals surface area contributed by atoms with Gasteiger partial charge in [-0.1, -0.05) is 23.7 Å². The van der Waals surface area contributed by atoms with Crippen molar-refractivity contribution in [1.82, 2.24) is 4.90 Å². The summed E-state index contributed by atoms with van der Waals surface area (Å²) in [5.74, 6) is 1.14. The van der Waals surface area contributed by atoms with E-state index < -0.39 is 0 Å². The summed E-state index contributed by atoms with van der Waals surface area (Å²) in [6.45, 7) is 5.18. The third-order valence-corrected chi connectivity index (χ3v) is 5.43. The topological polar surface area (TPSA) is 42.0 Å². The van der Waals surface area contributed by atoms with Gasteiger partial charge in [0.1, 0.15) is 0 Å². The summed E-state index contributed by atoms with van der Waals surface area (Å²) in [6, 6.07) is 11.3. The Bertz CT molecular complexity index is 823. The fourth-order valence-electron chi connectivity index (χ4n) is 3.17. The van der Waals surface area contributed by atoms with E-state index in [-0.39, 0.29) is 5.91 Å². The van der Waals surface area contributed by atoms with Crippen LogP contribution in [0.4, 0.5) is 5.69 Å². The molecule has 1 aliphatic heterocycles. The third-order valence-electron chi connectivity index (χ3n) is 4.53. The minimum atomic E-state index is -0.0177. The van der Waals surface area contributed by atoms with E-state index in [4.69, 9.17) is 21.1 Å². The molecule has 0 N–H and O–H groups in total. The van der Waals surface area contributed by atoms with Gasteiger partial charge in [-0.05, 0) is 47.1 Å². The highest BCUT2D eigenvalue weighted by atomic mass is 79.9. The molecule has 1 amide bonds. The number of rotatable bonds is 5. The maximum Gasteiger partial charge on any atom is 0.254 e. The molecule has 0 aromatic heterocycles. The number of methoxy groups -OCH3 is 1. The second kappa shape index (κ2) is 8.85. The quantitative estimate of drug-likeness (QED) is 0.670. The van der Waals surface area contributed by atoms with E-state index >= 15 is 0 Å². The van der Waals surface area contributed by atoms with Gasteiger partial charge in [-0.3, -0.25) is 4.79 Å². The van der Waals surface area contributed by atoms with Crippen molar-refractivity contribution in [3.63, 3.8) is 0 Å². The number of carbonyl (C=O) groups excluding carboxylic acids is 1. The monoisotopic (exact) mass is 452 g/mol. The van der Waals surface area contributed by atoms with Crippen molar-refractivity contribution in [2.45, 2.75) is 6.92 Å². The smallest absolute Gasteiger partial charge is 0.254 e. The number of benzene rings is 2. The molecule has 0 radical (unpaired) electrons. The van der Waals surface area contributed by atoms with Gasteiger partial charge >= 0.3 is 0 Å². The summed E-state index contributed by atoms with van der Waals surface area (Å²) in [7, 11) is 1.57. The summed E-state index contributed by atoms with van der Waals surface area (Å²) in [6.07, 6.45) is 0. The van der Waals surface area contributed by atoms with Crippen molar-refractivity contribution in [2.24, 2.45) is 0 Å². The number of anilines is 1. The number of carbonyl (C=O) groups is 1. The van der Waals surface area contributed by atoms with Crippen molar-refractivity contribution >= 4 is 39.1 Å². The van der Waals surface area contributed by atoms with Gasteiger partial charge in [-0.15, -0.1) is 0 Å². The van der Waals surface area contributed by atoms with E-state index in [9.17, 15) is 4.79 Å². The van der Waals surface area contributed by atoms with Crippen molar-refractivity contribution in [2.75, 3.05) is 44.8 Å². The highest BCUT2D eigenvalue weighted by Gasteiger charge is 2.25. The van der Waals surface area contributed by atoms with Crippen LogP contribution in [0.5, 0.6) is 11.5 Å². The number of nitrogens with zero attached hydrogens (tertiary/aromatic N) is 2. The first kappa shape index (κ1) is 19.8. The lowest BCUT2D eigenvalue weighted by Crippen LogP contribution is -2.48. The second-order valence-corrected chi connectivity index (χ2v) is 7.41. The average molecular weight is 454 g/mol. The molecule has 144 valence electrons. The molecule has 0 saturated carbocycles. The lowest BCUT2D eigenvalue weighted by Gasteiger charge is -2.36. The van der Waals surface area contributed by atoms with E-state index in [1.165, 1.54) is 0 Å². The molecule has 0 atom stereocenters. The second-order valence-electron chi connectivity index (χ2n) is 6.15. The molecule has 0 unspecified atom stereocenters. The molecule has 3 rings (SSSR count). The minimum absolute atomic E-state index is 0.0177. The Morgan fingerprint density at radius 1 is 1.19 bits per heavy atom. The zero-order valence-electron chi connectivity index (χ0n) is 15.4. The van der Waals surface area contributed by atoms with Gasteiger partial charge in [0.05, 0.1) is 28.9 Å². The minimum Gasteiger partial charge on any atom is -0.493 e. The van der Waals surface area contributed by atoms with E-state index in [0.717, 1.165) is 23.8 Å². The van der Waals surface area contributed by atoms with Crippen molar-refractivity contribution < 1.29 is 14.3 Å². The number of amides is 1. The summed E-state index contributed by atoms with van der Waals surface area (Å²) in [4.78, 5) is 17.0. The van der Waals surface area contributed by atoms with E-state index in [0.29, 0.717) is 41.2 Å². The van der Waals surface area contributed by atoms with Crippen LogP contribution < -0.4 is 14.4 Å². The highest BCUT2D eigenvalue weighted by Crippen LogP contribution is 2.37. The number of piperazine rings is 1. The molecule has 5 nitrogen and oxygen atoms in total. The van der Waals surface area contributed by atoms with Gasteiger partial charge in [0.15, 0.2) is 11.5 Å². The molecule has 7 heteroatoms. The molecular formula is C20H22BrClN2O3. The number of hydrogen-bond acceptors (Lipinski definition) is 4. The first-order valence-electron chi connectivity index (χ1n) is 8.84. The number of hydrogen-bond donors (Lipinski definition) is 0. The first-order chi connectivity index (χ1) is 13.0. The summed E-state index contributed by atoms with van der Waals surface area (Å²) in [5.41, 5.74) is 1.59. The standard InChI is InChI=1S/C20H22BrClN2O3/c1-3-27-19-15(21)12-14(13-18(19)26-2)20(25)24-10-8-23(9-11-24)17-7-5-4-6-16(17)22/h4-7,12-13H,3,8-11H2,1-2H3. The van der Waals surface area contributed by atoms with Crippen LogP contribution in [-0.2, 0) is 0 Å². The first-order valence-corrected chi connectivity index (χ1v) is 10.0. The van der Waals surface area contributed by atoms with Gasteiger partial charge < -0.3 is 19.3 Å². The van der Waals surface area contributed by atoms with Gasteiger partial charge in [-0.2, -0.15) is 0 Å². The normalized spacial score (nSPS) is 14.2. The molecule has 1 aliphatic rings. The molecule has 27 heavy (non-hydrogen) atoms. The predicted octanol–water partition coefficient (Wildman–Crippen LogP) is 4.47. The number of para-hydroxylation sites is 1. The molecule has 2 aromatic carbocycles. The Morgan fingerprint density at radius 2 is 1.89 bits per heavy atom. The lowest BCUT2D eigenvalue weighted by atomic mass is 10.1. The van der Waals surface area contributed by atoms with Crippen molar-refractivity contribution in [1.29, 1.82) is 0 Å². The molecule has 0 bridgehead atoms. The summed E-state index contributed by atoms with van der Waals surface area (Å²) < 4.78 is 11.7.